The number of rotatable bonds is 5. The molecule has 1 N–H and O–H groups in total. The van der Waals surface area contributed by atoms with E-state index in [1.165, 1.54) is 18.4 Å². The van der Waals surface area contributed by atoms with Crippen molar-refractivity contribution in [3.05, 3.63) is 11.6 Å². The molecular weight excluding hydrogens is 242 g/mol. The van der Waals surface area contributed by atoms with E-state index in [4.69, 9.17) is 5.11 Å². The van der Waals surface area contributed by atoms with Gasteiger partial charge < -0.3 is 10.0 Å². The Balaban J connectivity index is 1.75. The predicted octanol–water partition coefficient (Wildman–Crippen LogP) is 2.59. The summed E-state index contributed by atoms with van der Waals surface area (Å²) < 4.78 is 0. The molecule has 0 spiro atoms. The van der Waals surface area contributed by atoms with Gasteiger partial charge in [-0.3, -0.25) is 9.59 Å². The summed E-state index contributed by atoms with van der Waals surface area (Å²) in [6, 6.07) is 0. The van der Waals surface area contributed by atoms with Crippen molar-refractivity contribution in [3.8, 4) is 0 Å². The van der Waals surface area contributed by atoms with E-state index in [1.807, 2.05) is 4.90 Å². The molecule has 1 aliphatic carbocycles. The van der Waals surface area contributed by atoms with E-state index in [-0.39, 0.29) is 12.3 Å². The average molecular weight is 265 g/mol. The second-order valence-corrected chi connectivity index (χ2v) is 5.71. The molecule has 4 nitrogen and oxygen atoms in total. The van der Waals surface area contributed by atoms with Gasteiger partial charge in [0.25, 0.3) is 0 Å². The Labute approximate surface area is 114 Å². The normalized spacial score (nSPS) is 23.3. The Hall–Kier alpha value is -1.32. The van der Waals surface area contributed by atoms with E-state index < -0.39 is 5.97 Å². The second kappa shape index (κ2) is 6.73. The van der Waals surface area contributed by atoms with Gasteiger partial charge in [0.15, 0.2) is 0 Å². The molecule has 19 heavy (non-hydrogen) atoms. The van der Waals surface area contributed by atoms with Gasteiger partial charge in [-0.15, -0.1) is 0 Å². The molecule has 1 heterocycles. The van der Waals surface area contributed by atoms with Crippen LogP contribution in [0, 0.1) is 5.92 Å². The van der Waals surface area contributed by atoms with Crippen LogP contribution in [-0.4, -0.2) is 35.0 Å². The van der Waals surface area contributed by atoms with Crippen molar-refractivity contribution in [1.29, 1.82) is 0 Å². The third kappa shape index (κ3) is 4.37. The number of hydrogen-bond donors (Lipinski definition) is 1. The van der Waals surface area contributed by atoms with Crippen molar-refractivity contribution in [2.75, 3.05) is 13.1 Å². The lowest BCUT2D eigenvalue weighted by atomic mass is 9.97. The van der Waals surface area contributed by atoms with Gasteiger partial charge in [-0.1, -0.05) is 11.6 Å². The van der Waals surface area contributed by atoms with Gasteiger partial charge in [0, 0.05) is 25.9 Å². The minimum absolute atomic E-state index is 0.220. The summed E-state index contributed by atoms with van der Waals surface area (Å²) in [6.07, 6.45) is 9.31. The molecule has 4 heteroatoms. The first-order valence-electron chi connectivity index (χ1n) is 7.32. The molecule has 106 valence electrons. The van der Waals surface area contributed by atoms with Crippen LogP contribution >= 0.6 is 0 Å². The Morgan fingerprint density at radius 3 is 2.89 bits per heavy atom. The molecule has 0 aromatic rings. The average Bonchev–Trinajstić information content (AvgIpc) is 2.86. The molecule has 1 unspecified atom stereocenters. The number of carboxylic acids is 1. The number of amides is 1. The molecule has 2 aliphatic rings. The standard InChI is InChI=1S/C15H23NO3/c17-14(10-12-4-2-1-3-5-12)16-9-8-13(11-16)6-7-15(18)19/h4,13H,1-3,5-11H2,(H,18,19). The lowest BCUT2D eigenvalue weighted by Crippen LogP contribution is -2.29. The maximum absolute atomic E-state index is 12.2. The summed E-state index contributed by atoms with van der Waals surface area (Å²) >= 11 is 0. The smallest absolute Gasteiger partial charge is 0.303 e. The first-order valence-corrected chi connectivity index (χ1v) is 7.32. The fourth-order valence-electron chi connectivity index (χ4n) is 2.99. The van der Waals surface area contributed by atoms with Crippen molar-refractivity contribution in [1.82, 2.24) is 4.90 Å². The highest BCUT2D eigenvalue weighted by molar-refractivity contribution is 5.79. The van der Waals surface area contributed by atoms with Crippen LogP contribution in [0.25, 0.3) is 0 Å². The van der Waals surface area contributed by atoms with Crippen LogP contribution in [0.4, 0.5) is 0 Å². The minimum Gasteiger partial charge on any atom is -0.481 e. The molecule has 0 saturated carbocycles. The van der Waals surface area contributed by atoms with Gasteiger partial charge in [-0.05, 0) is 44.4 Å². The number of carbonyl (C=O) groups excluding carboxylic acids is 1. The fourth-order valence-corrected chi connectivity index (χ4v) is 2.99. The Morgan fingerprint density at radius 1 is 1.37 bits per heavy atom. The van der Waals surface area contributed by atoms with E-state index in [9.17, 15) is 9.59 Å². The Bertz CT molecular complexity index is 376. The molecule has 1 saturated heterocycles. The van der Waals surface area contributed by atoms with Crippen molar-refractivity contribution in [3.63, 3.8) is 0 Å². The SMILES string of the molecule is O=C(O)CCC1CCN(C(=O)CC2=CCCCC2)C1. The van der Waals surface area contributed by atoms with E-state index in [0.717, 1.165) is 32.4 Å². The van der Waals surface area contributed by atoms with Gasteiger partial charge in [0.05, 0.1) is 0 Å². The number of carboxylic acid groups (broad SMARTS) is 1. The largest absolute Gasteiger partial charge is 0.481 e. The molecule has 1 aliphatic heterocycles. The Morgan fingerprint density at radius 2 is 2.21 bits per heavy atom. The number of aliphatic carboxylic acids is 1. The van der Waals surface area contributed by atoms with Crippen molar-refractivity contribution < 1.29 is 14.7 Å². The first kappa shape index (κ1) is 14.1. The fraction of sp³-hybridized carbons (Fsp3) is 0.733. The van der Waals surface area contributed by atoms with E-state index in [0.29, 0.717) is 18.8 Å². The monoisotopic (exact) mass is 265 g/mol. The van der Waals surface area contributed by atoms with Crippen LogP contribution in [0.1, 0.15) is 51.4 Å². The van der Waals surface area contributed by atoms with Crippen LogP contribution in [0.15, 0.2) is 11.6 Å². The van der Waals surface area contributed by atoms with Gasteiger partial charge in [-0.25, -0.2) is 0 Å². The van der Waals surface area contributed by atoms with E-state index in [2.05, 4.69) is 6.08 Å². The molecule has 1 fully saturated rings. The summed E-state index contributed by atoms with van der Waals surface area (Å²) in [5.41, 5.74) is 1.30. The zero-order chi connectivity index (χ0) is 13.7. The highest BCUT2D eigenvalue weighted by atomic mass is 16.4. The van der Waals surface area contributed by atoms with Gasteiger partial charge in [0.2, 0.25) is 5.91 Å². The molecule has 2 rings (SSSR count). The maximum Gasteiger partial charge on any atom is 0.303 e. The molecule has 0 bridgehead atoms. The van der Waals surface area contributed by atoms with Gasteiger partial charge >= 0.3 is 5.97 Å². The van der Waals surface area contributed by atoms with Gasteiger partial charge in [-0.2, -0.15) is 0 Å². The highest BCUT2D eigenvalue weighted by Crippen LogP contribution is 2.25. The number of hydrogen-bond acceptors (Lipinski definition) is 2. The number of allylic oxidation sites excluding steroid dienone is 1. The zero-order valence-electron chi connectivity index (χ0n) is 11.4. The quantitative estimate of drug-likeness (QED) is 0.777. The third-order valence-electron chi connectivity index (χ3n) is 4.17. The summed E-state index contributed by atoms with van der Waals surface area (Å²) in [5, 5.41) is 8.68. The highest BCUT2D eigenvalue weighted by Gasteiger charge is 2.26. The van der Waals surface area contributed by atoms with E-state index in [1.54, 1.807) is 0 Å². The molecule has 0 radical (unpaired) electrons. The topological polar surface area (TPSA) is 57.6 Å². The summed E-state index contributed by atoms with van der Waals surface area (Å²) in [4.78, 5) is 24.6. The maximum atomic E-state index is 12.2. The van der Waals surface area contributed by atoms with Crippen molar-refractivity contribution in [2.45, 2.75) is 51.4 Å². The van der Waals surface area contributed by atoms with E-state index >= 15 is 0 Å². The third-order valence-corrected chi connectivity index (χ3v) is 4.17. The minimum atomic E-state index is -0.739. The molecule has 1 amide bonds. The second-order valence-electron chi connectivity index (χ2n) is 5.71. The van der Waals surface area contributed by atoms with Crippen molar-refractivity contribution >= 4 is 11.9 Å². The molecular formula is C15H23NO3. The Kier molecular flexibility index (Phi) is 5.00. The lowest BCUT2D eigenvalue weighted by molar-refractivity contribution is -0.137. The summed E-state index contributed by atoms with van der Waals surface area (Å²) in [7, 11) is 0. The van der Waals surface area contributed by atoms with Crippen LogP contribution in [0.2, 0.25) is 0 Å². The zero-order valence-corrected chi connectivity index (χ0v) is 11.4. The van der Waals surface area contributed by atoms with Crippen LogP contribution in [0.3, 0.4) is 0 Å². The number of carbonyl (C=O) groups is 2. The predicted molar refractivity (Wildman–Crippen MR) is 72.7 cm³/mol. The summed E-state index contributed by atoms with van der Waals surface area (Å²) in [5.74, 6) is -0.136. The van der Waals surface area contributed by atoms with Crippen molar-refractivity contribution in [2.24, 2.45) is 5.92 Å². The molecule has 1 atom stereocenters. The first-order chi connectivity index (χ1) is 9.15. The molecule has 0 aromatic heterocycles. The van der Waals surface area contributed by atoms with Crippen LogP contribution < -0.4 is 0 Å². The van der Waals surface area contributed by atoms with Crippen LogP contribution in [-0.2, 0) is 9.59 Å². The number of likely N-dealkylation sites (tertiary alicyclic amines) is 1. The molecule has 0 aromatic carbocycles. The summed E-state index contributed by atoms with van der Waals surface area (Å²) in [6.45, 7) is 1.55. The number of nitrogens with zero attached hydrogens (tertiary/aromatic N) is 1. The van der Waals surface area contributed by atoms with Crippen LogP contribution in [0.5, 0.6) is 0 Å². The lowest BCUT2D eigenvalue weighted by Gasteiger charge is -2.19. The van der Waals surface area contributed by atoms with Gasteiger partial charge in [0.1, 0.15) is 0 Å².